The van der Waals surface area contributed by atoms with E-state index in [0.717, 1.165) is 22.8 Å². The van der Waals surface area contributed by atoms with Crippen molar-refractivity contribution >= 4 is 11.4 Å². The molecule has 2 nitrogen and oxygen atoms in total. The first-order valence-corrected chi connectivity index (χ1v) is 12.9. The highest BCUT2D eigenvalue weighted by molar-refractivity contribution is 5.80. The van der Waals surface area contributed by atoms with Crippen LogP contribution in [0.1, 0.15) is 33.4 Å². The maximum absolute atomic E-state index is 5.22. The summed E-state index contributed by atoms with van der Waals surface area (Å²) in [6, 6.07) is 32.5. The van der Waals surface area contributed by atoms with Crippen molar-refractivity contribution in [3.63, 3.8) is 0 Å². The molecule has 0 atom stereocenters. The van der Waals surface area contributed by atoms with E-state index >= 15 is 0 Å². The van der Waals surface area contributed by atoms with Gasteiger partial charge in [0, 0.05) is 22.5 Å². The third kappa shape index (κ3) is 5.20. The van der Waals surface area contributed by atoms with Gasteiger partial charge in [-0.25, -0.2) is 4.98 Å². The lowest BCUT2D eigenvalue weighted by Crippen LogP contribution is -1.97. The van der Waals surface area contributed by atoms with Crippen molar-refractivity contribution in [2.75, 3.05) is 5.32 Å². The van der Waals surface area contributed by atoms with Gasteiger partial charge in [-0.2, -0.15) is 0 Å². The smallest absolute Gasteiger partial charge is 0.0718 e. The van der Waals surface area contributed by atoms with Gasteiger partial charge in [-0.3, -0.25) is 0 Å². The second-order valence-electron chi connectivity index (χ2n) is 10.2. The first-order valence-electron chi connectivity index (χ1n) is 12.9. The summed E-state index contributed by atoms with van der Waals surface area (Å²) in [4.78, 5) is 5.22. The fourth-order valence-corrected chi connectivity index (χ4v) is 4.88. The van der Waals surface area contributed by atoms with Gasteiger partial charge in [0.2, 0.25) is 0 Å². The van der Waals surface area contributed by atoms with Crippen LogP contribution in [0, 0.1) is 41.5 Å². The van der Waals surface area contributed by atoms with Gasteiger partial charge in [-0.1, -0.05) is 42.5 Å². The lowest BCUT2D eigenvalue weighted by molar-refractivity contribution is 1.24. The molecule has 37 heavy (non-hydrogen) atoms. The number of para-hydroxylation sites is 1. The minimum Gasteiger partial charge on any atom is -0.356 e. The van der Waals surface area contributed by atoms with Gasteiger partial charge in [-0.15, -0.1) is 0 Å². The van der Waals surface area contributed by atoms with Gasteiger partial charge in [0.1, 0.15) is 0 Å². The lowest BCUT2D eigenvalue weighted by Gasteiger charge is -2.16. The zero-order valence-electron chi connectivity index (χ0n) is 22.6. The summed E-state index contributed by atoms with van der Waals surface area (Å²) in [5.74, 6) is 0. The van der Waals surface area contributed by atoms with Crippen LogP contribution in [0.3, 0.4) is 0 Å². The Morgan fingerprint density at radius 1 is 0.432 bits per heavy atom. The van der Waals surface area contributed by atoms with Crippen LogP contribution >= 0.6 is 0 Å². The molecule has 0 spiro atoms. The molecular weight excluding hydrogens is 448 g/mol. The Bertz CT molecular complexity index is 1500. The van der Waals surface area contributed by atoms with E-state index in [-0.39, 0.29) is 0 Å². The SMILES string of the molecule is Cc1cc(C)c(-c2cc(-c3ccc(Nc4ccccc4)cc3)cc(-c3cc(C)c(C)cc3C)n2)cc1C. The molecule has 0 aliphatic rings. The van der Waals surface area contributed by atoms with Crippen molar-refractivity contribution in [3.05, 3.63) is 124 Å². The molecule has 184 valence electrons. The number of benzene rings is 4. The summed E-state index contributed by atoms with van der Waals surface area (Å²) in [6.07, 6.45) is 0. The number of hydrogen-bond acceptors (Lipinski definition) is 2. The molecule has 0 saturated heterocycles. The third-order valence-corrected chi connectivity index (χ3v) is 7.34. The lowest BCUT2D eigenvalue weighted by atomic mass is 9.93. The third-order valence-electron chi connectivity index (χ3n) is 7.34. The minimum atomic E-state index is 1.01. The van der Waals surface area contributed by atoms with Gasteiger partial charge < -0.3 is 5.32 Å². The molecule has 0 bridgehead atoms. The predicted octanol–water partition coefficient (Wildman–Crippen LogP) is 9.68. The van der Waals surface area contributed by atoms with E-state index < -0.39 is 0 Å². The fourth-order valence-electron chi connectivity index (χ4n) is 4.88. The number of nitrogens with one attached hydrogen (secondary N) is 1. The Kier molecular flexibility index (Phi) is 6.67. The normalized spacial score (nSPS) is 11.0. The monoisotopic (exact) mass is 482 g/mol. The number of nitrogens with zero attached hydrogens (tertiary/aromatic N) is 1. The zero-order chi connectivity index (χ0) is 26.1. The Morgan fingerprint density at radius 3 is 1.41 bits per heavy atom. The zero-order valence-corrected chi connectivity index (χ0v) is 22.6. The molecule has 0 amide bonds. The number of aromatic nitrogens is 1. The van der Waals surface area contributed by atoms with E-state index in [9.17, 15) is 0 Å². The van der Waals surface area contributed by atoms with Crippen LogP contribution in [0.5, 0.6) is 0 Å². The molecule has 5 rings (SSSR count). The topological polar surface area (TPSA) is 24.9 Å². The summed E-state index contributed by atoms with van der Waals surface area (Å²) in [5.41, 5.74) is 16.6. The number of rotatable bonds is 5. The van der Waals surface area contributed by atoms with Gasteiger partial charge in [-0.05, 0) is 135 Å². The number of hydrogen-bond donors (Lipinski definition) is 1. The molecule has 5 aromatic rings. The fraction of sp³-hybridized carbons (Fsp3) is 0.171. The maximum Gasteiger partial charge on any atom is 0.0718 e. The molecule has 0 unspecified atom stereocenters. The summed E-state index contributed by atoms with van der Waals surface area (Å²) in [7, 11) is 0. The number of anilines is 2. The second kappa shape index (κ2) is 10.1. The van der Waals surface area contributed by atoms with Crippen molar-refractivity contribution in [3.8, 4) is 33.6 Å². The highest BCUT2D eigenvalue weighted by Gasteiger charge is 2.14. The first kappa shape index (κ1) is 24.5. The van der Waals surface area contributed by atoms with Gasteiger partial charge >= 0.3 is 0 Å². The van der Waals surface area contributed by atoms with Crippen molar-refractivity contribution in [1.82, 2.24) is 4.98 Å². The Morgan fingerprint density at radius 2 is 0.892 bits per heavy atom. The highest BCUT2D eigenvalue weighted by atomic mass is 14.9. The largest absolute Gasteiger partial charge is 0.356 e. The van der Waals surface area contributed by atoms with E-state index in [1.165, 1.54) is 55.6 Å². The second-order valence-corrected chi connectivity index (χ2v) is 10.2. The van der Waals surface area contributed by atoms with Crippen LogP contribution < -0.4 is 5.32 Å². The van der Waals surface area contributed by atoms with Crippen LogP contribution in [0.2, 0.25) is 0 Å². The van der Waals surface area contributed by atoms with Crippen LogP contribution in [0.4, 0.5) is 11.4 Å². The van der Waals surface area contributed by atoms with Crippen molar-refractivity contribution in [2.24, 2.45) is 0 Å². The van der Waals surface area contributed by atoms with E-state index in [0.29, 0.717) is 0 Å². The van der Waals surface area contributed by atoms with Crippen molar-refractivity contribution < 1.29 is 0 Å². The standard InChI is InChI=1S/C35H34N2/c1-22-16-26(5)32(18-24(22)3)34-20-29(21-35(37-34)33-19-25(4)23(2)17-27(33)6)28-12-14-31(15-13-28)36-30-10-8-7-9-11-30/h7-21,36H,1-6H3. The summed E-state index contributed by atoms with van der Waals surface area (Å²) in [6.45, 7) is 13.1. The van der Waals surface area contributed by atoms with E-state index in [1.54, 1.807) is 0 Å². The van der Waals surface area contributed by atoms with E-state index in [2.05, 4.69) is 120 Å². The van der Waals surface area contributed by atoms with E-state index in [1.807, 2.05) is 18.2 Å². The molecule has 1 N–H and O–H groups in total. The van der Waals surface area contributed by atoms with Crippen LogP contribution in [0.25, 0.3) is 33.6 Å². The summed E-state index contributed by atoms with van der Waals surface area (Å²) >= 11 is 0. The molecule has 0 aliphatic heterocycles. The summed E-state index contributed by atoms with van der Waals surface area (Å²) in [5, 5.41) is 3.48. The molecule has 2 heteroatoms. The highest BCUT2D eigenvalue weighted by Crippen LogP contribution is 2.35. The number of aryl methyl sites for hydroxylation is 6. The van der Waals surface area contributed by atoms with Gasteiger partial charge in [0.15, 0.2) is 0 Å². The van der Waals surface area contributed by atoms with Crippen molar-refractivity contribution in [1.29, 1.82) is 0 Å². The number of pyridine rings is 1. The summed E-state index contributed by atoms with van der Waals surface area (Å²) < 4.78 is 0. The van der Waals surface area contributed by atoms with E-state index in [4.69, 9.17) is 4.98 Å². The Hall–Kier alpha value is -4.17. The molecule has 0 fully saturated rings. The molecule has 1 aromatic heterocycles. The average Bonchev–Trinajstić information content (AvgIpc) is 2.89. The average molecular weight is 483 g/mol. The molecule has 0 radical (unpaired) electrons. The van der Waals surface area contributed by atoms with Crippen LogP contribution in [-0.2, 0) is 0 Å². The molecule has 0 aliphatic carbocycles. The van der Waals surface area contributed by atoms with Gasteiger partial charge in [0.05, 0.1) is 11.4 Å². The first-order chi connectivity index (χ1) is 17.8. The maximum atomic E-state index is 5.22. The molecular formula is C35H34N2. The molecule has 0 saturated carbocycles. The molecule has 1 heterocycles. The molecule has 4 aromatic carbocycles. The predicted molar refractivity (Wildman–Crippen MR) is 159 cm³/mol. The van der Waals surface area contributed by atoms with Gasteiger partial charge in [0.25, 0.3) is 0 Å². The van der Waals surface area contributed by atoms with Crippen LogP contribution in [0.15, 0.2) is 91.0 Å². The minimum absolute atomic E-state index is 1.01. The Balaban J connectivity index is 1.63. The Labute approximate surface area is 221 Å². The quantitative estimate of drug-likeness (QED) is 0.270. The van der Waals surface area contributed by atoms with Crippen molar-refractivity contribution in [2.45, 2.75) is 41.5 Å². The van der Waals surface area contributed by atoms with Crippen LogP contribution in [-0.4, -0.2) is 4.98 Å².